The van der Waals surface area contributed by atoms with Crippen LogP contribution in [-0.2, 0) is 4.79 Å². The second-order valence-corrected chi connectivity index (χ2v) is 5.73. The molecule has 0 bridgehead atoms. The summed E-state index contributed by atoms with van der Waals surface area (Å²) in [6, 6.07) is 0. The zero-order chi connectivity index (χ0) is 11.8. The van der Waals surface area contributed by atoms with E-state index in [4.69, 9.17) is 6.42 Å². The maximum atomic E-state index is 12.3. The van der Waals surface area contributed by atoms with E-state index in [1.165, 1.54) is 6.42 Å². The molecule has 92 valence electrons. The highest BCUT2D eigenvalue weighted by Crippen LogP contribution is 2.54. The Hall–Kier alpha value is -1.01. The van der Waals surface area contributed by atoms with Crippen LogP contribution in [0, 0.1) is 30.1 Å². The fourth-order valence-electron chi connectivity index (χ4n) is 3.43. The Kier molecular flexibility index (Phi) is 2.84. The van der Waals surface area contributed by atoms with Crippen LogP contribution in [0.4, 0.5) is 0 Å². The average Bonchev–Trinajstić information content (AvgIpc) is 2.97. The number of fused-ring (bicyclic) bond motifs is 1. The molecule has 0 radical (unpaired) electrons. The third-order valence-corrected chi connectivity index (χ3v) is 4.59. The third kappa shape index (κ3) is 2.19. The second kappa shape index (κ2) is 4.34. The predicted molar refractivity (Wildman–Crippen MR) is 66.2 cm³/mol. The van der Waals surface area contributed by atoms with Gasteiger partial charge in [-0.25, -0.2) is 0 Å². The first kappa shape index (κ1) is 11.1. The van der Waals surface area contributed by atoms with Gasteiger partial charge in [-0.1, -0.05) is 5.92 Å². The summed E-state index contributed by atoms with van der Waals surface area (Å²) in [7, 11) is 0. The van der Waals surface area contributed by atoms with Crippen LogP contribution in [0.25, 0.3) is 0 Å². The van der Waals surface area contributed by atoms with Crippen molar-refractivity contribution in [2.75, 3.05) is 32.7 Å². The molecule has 0 aromatic rings. The van der Waals surface area contributed by atoms with E-state index in [9.17, 15) is 4.79 Å². The van der Waals surface area contributed by atoms with Gasteiger partial charge in [0.2, 0.25) is 5.91 Å². The van der Waals surface area contributed by atoms with Gasteiger partial charge in [-0.15, -0.1) is 6.42 Å². The number of carbonyl (C=O) groups is 1. The lowest BCUT2D eigenvalue weighted by atomic mass is 10.0. The highest BCUT2D eigenvalue weighted by atomic mass is 16.2. The Morgan fingerprint density at radius 2 is 1.76 bits per heavy atom. The molecule has 2 saturated carbocycles. The van der Waals surface area contributed by atoms with Crippen LogP contribution in [0.5, 0.6) is 0 Å². The van der Waals surface area contributed by atoms with Gasteiger partial charge >= 0.3 is 0 Å². The van der Waals surface area contributed by atoms with E-state index in [1.807, 2.05) is 0 Å². The topological polar surface area (TPSA) is 23.6 Å². The van der Waals surface area contributed by atoms with E-state index in [-0.39, 0.29) is 0 Å². The minimum absolute atomic E-state index is 0.345. The SMILES string of the molecule is C#CCN1CCN(C(=O)C2CC3CC3C2)CC1. The quantitative estimate of drug-likeness (QED) is 0.658. The second-order valence-electron chi connectivity index (χ2n) is 5.73. The standard InChI is InChI=1S/C14H20N2O/c1-2-3-15-4-6-16(7-5-15)14(17)13-9-11-8-12(11)10-13/h1,11-13H,3-10H2. The van der Waals surface area contributed by atoms with Crippen molar-refractivity contribution in [2.45, 2.75) is 19.3 Å². The van der Waals surface area contributed by atoms with Gasteiger partial charge in [0.25, 0.3) is 0 Å². The van der Waals surface area contributed by atoms with Gasteiger partial charge in [0.1, 0.15) is 0 Å². The normalized spacial score (nSPS) is 36.4. The molecule has 1 aliphatic heterocycles. The summed E-state index contributed by atoms with van der Waals surface area (Å²) < 4.78 is 0. The van der Waals surface area contributed by atoms with E-state index in [2.05, 4.69) is 15.7 Å². The Balaban J connectivity index is 1.49. The van der Waals surface area contributed by atoms with Crippen LogP contribution in [0.2, 0.25) is 0 Å². The predicted octanol–water partition coefficient (Wildman–Crippen LogP) is 0.810. The zero-order valence-electron chi connectivity index (χ0n) is 10.3. The van der Waals surface area contributed by atoms with Gasteiger partial charge in [-0.05, 0) is 31.1 Å². The Morgan fingerprint density at radius 3 is 2.35 bits per heavy atom. The number of amides is 1. The van der Waals surface area contributed by atoms with Gasteiger partial charge < -0.3 is 4.90 Å². The molecule has 1 heterocycles. The number of piperazine rings is 1. The van der Waals surface area contributed by atoms with Gasteiger partial charge in [0.05, 0.1) is 6.54 Å². The fourth-order valence-corrected chi connectivity index (χ4v) is 3.43. The summed E-state index contributed by atoms with van der Waals surface area (Å²) in [5, 5.41) is 0. The third-order valence-electron chi connectivity index (χ3n) is 4.59. The van der Waals surface area contributed by atoms with E-state index in [1.54, 1.807) is 0 Å². The molecule has 1 amide bonds. The lowest BCUT2D eigenvalue weighted by molar-refractivity contribution is -0.137. The minimum Gasteiger partial charge on any atom is -0.340 e. The van der Waals surface area contributed by atoms with Gasteiger partial charge in [0.15, 0.2) is 0 Å². The fraction of sp³-hybridized carbons (Fsp3) is 0.786. The minimum atomic E-state index is 0.345. The molecule has 0 aromatic carbocycles. The summed E-state index contributed by atoms with van der Waals surface area (Å²) in [4.78, 5) is 16.6. The zero-order valence-corrected chi connectivity index (χ0v) is 10.3. The lowest BCUT2D eigenvalue weighted by Crippen LogP contribution is -2.50. The number of carbonyl (C=O) groups excluding carboxylic acids is 1. The first-order valence-electron chi connectivity index (χ1n) is 6.72. The number of rotatable bonds is 2. The Labute approximate surface area is 103 Å². The molecular weight excluding hydrogens is 212 g/mol. The van der Waals surface area contributed by atoms with Crippen molar-refractivity contribution in [3.8, 4) is 12.3 Å². The maximum Gasteiger partial charge on any atom is 0.225 e. The van der Waals surface area contributed by atoms with Gasteiger partial charge in [-0.3, -0.25) is 9.69 Å². The van der Waals surface area contributed by atoms with Crippen molar-refractivity contribution in [1.29, 1.82) is 0 Å². The molecule has 3 fully saturated rings. The molecule has 0 aromatic heterocycles. The summed E-state index contributed by atoms with van der Waals surface area (Å²) in [6.45, 7) is 4.33. The molecule has 2 unspecified atom stereocenters. The van der Waals surface area contributed by atoms with Crippen LogP contribution < -0.4 is 0 Å². The largest absolute Gasteiger partial charge is 0.340 e. The molecule has 1 saturated heterocycles. The van der Waals surface area contributed by atoms with E-state index in [0.717, 1.165) is 57.4 Å². The summed E-state index contributed by atoms with van der Waals surface area (Å²) in [5.41, 5.74) is 0. The summed E-state index contributed by atoms with van der Waals surface area (Å²) in [5.74, 6) is 5.22. The molecule has 0 N–H and O–H groups in total. The number of nitrogens with zero attached hydrogens (tertiary/aromatic N) is 2. The number of terminal acetylenes is 1. The highest BCUT2D eigenvalue weighted by Gasteiger charge is 2.48. The molecule has 0 spiro atoms. The maximum absolute atomic E-state index is 12.3. The van der Waals surface area contributed by atoms with E-state index < -0.39 is 0 Å². The first-order valence-corrected chi connectivity index (χ1v) is 6.72. The number of hydrogen-bond acceptors (Lipinski definition) is 2. The Morgan fingerprint density at radius 1 is 1.12 bits per heavy atom. The summed E-state index contributed by atoms with van der Waals surface area (Å²) >= 11 is 0. The molecular formula is C14H20N2O. The van der Waals surface area contributed by atoms with E-state index in [0.29, 0.717) is 11.8 Å². The van der Waals surface area contributed by atoms with Crippen LogP contribution in [0.1, 0.15) is 19.3 Å². The molecule has 3 nitrogen and oxygen atoms in total. The van der Waals surface area contributed by atoms with Gasteiger partial charge in [0, 0.05) is 32.1 Å². The number of hydrogen-bond donors (Lipinski definition) is 0. The van der Waals surface area contributed by atoms with Gasteiger partial charge in [-0.2, -0.15) is 0 Å². The summed E-state index contributed by atoms with van der Waals surface area (Å²) in [6.07, 6.45) is 9.01. The first-order chi connectivity index (χ1) is 8.28. The van der Waals surface area contributed by atoms with Crippen molar-refractivity contribution < 1.29 is 4.79 Å². The molecule has 3 rings (SSSR count). The molecule has 3 heteroatoms. The lowest BCUT2D eigenvalue weighted by Gasteiger charge is -2.35. The van der Waals surface area contributed by atoms with E-state index >= 15 is 0 Å². The molecule has 17 heavy (non-hydrogen) atoms. The smallest absolute Gasteiger partial charge is 0.225 e. The van der Waals surface area contributed by atoms with Crippen molar-refractivity contribution >= 4 is 5.91 Å². The average molecular weight is 232 g/mol. The molecule has 3 aliphatic rings. The molecule has 2 aliphatic carbocycles. The van der Waals surface area contributed by atoms with Crippen molar-refractivity contribution in [3.05, 3.63) is 0 Å². The molecule has 2 atom stereocenters. The van der Waals surface area contributed by atoms with Crippen LogP contribution >= 0.6 is 0 Å². The van der Waals surface area contributed by atoms with Crippen molar-refractivity contribution in [1.82, 2.24) is 9.80 Å². The van der Waals surface area contributed by atoms with Crippen LogP contribution in [0.15, 0.2) is 0 Å². The monoisotopic (exact) mass is 232 g/mol. The van der Waals surface area contributed by atoms with Crippen LogP contribution in [0.3, 0.4) is 0 Å². The van der Waals surface area contributed by atoms with Crippen LogP contribution in [-0.4, -0.2) is 48.4 Å². The van der Waals surface area contributed by atoms with Crippen molar-refractivity contribution in [3.63, 3.8) is 0 Å². The Bertz CT molecular complexity index is 342. The highest BCUT2D eigenvalue weighted by molar-refractivity contribution is 5.79. The van der Waals surface area contributed by atoms with Crippen molar-refractivity contribution in [2.24, 2.45) is 17.8 Å².